The van der Waals surface area contributed by atoms with E-state index in [2.05, 4.69) is 251 Å². The van der Waals surface area contributed by atoms with Crippen LogP contribution in [0.5, 0.6) is 17.2 Å². The summed E-state index contributed by atoms with van der Waals surface area (Å²) < 4.78 is 20.8. The Bertz CT molecular complexity index is 4050. The zero-order valence-electron chi connectivity index (χ0n) is 56.8. The zero-order chi connectivity index (χ0) is 64.8. The maximum Gasteiger partial charge on any atom is 0.131 e. The highest BCUT2D eigenvalue weighted by Crippen LogP contribution is 2.54. The molecular weight excluding hydrogens is 1150 g/mol. The molecule has 0 aromatic heterocycles. The first-order valence-electron chi connectivity index (χ1n) is 35.2. The second kappa shape index (κ2) is 31.4. The van der Waals surface area contributed by atoms with Crippen molar-refractivity contribution in [3.05, 3.63) is 290 Å². The van der Waals surface area contributed by atoms with Gasteiger partial charge >= 0.3 is 0 Å². The van der Waals surface area contributed by atoms with Gasteiger partial charge in [0.15, 0.2) is 0 Å². The van der Waals surface area contributed by atoms with Crippen LogP contribution >= 0.6 is 0 Å². The highest BCUT2D eigenvalue weighted by Gasteiger charge is 2.37. The molecule has 94 heavy (non-hydrogen) atoms. The lowest BCUT2D eigenvalue weighted by Gasteiger charge is -2.35. The molecule has 6 nitrogen and oxygen atoms in total. The lowest BCUT2D eigenvalue weighted by Crippen LogP contribution is -2.21. The molecule has 9 aromatic rings. The molecule has 3 saturated carbocycles. The van der Waals surface area contributed by atoms with Crippen molar-refractivity contribution in [3.63, 3.8) is 0 Å². The highest BCUT2D eigenvalue weighted by atomic mass is 16.5. The minimum Gasteiger partial charge on any atom is -0.496 e. The largest absolute Gasteiger partial charge is 0.496 e. The minimum atomic E-state index is -0.0949. The molecule has 6 heteroatoms. The summed E-state index contributed by atoms with van der Waals surface area (Å²) in [4.78, 5) is 5.20. The predicted molar refractivity (Wildman–Crippen MR) is 395 cm³/mol. The monoisotopic (exact) mass is 1240 g/mol. The number of anilines is 2. The highest BCUT2D eigenvalue weighted by molar-refractivity contribution is 6.02. The lowest BCUT2D eigenvalue weighted by molar-refractivity contribution is 0.380. The fourth-order valence-electron chi connectivity index (χ4n) is 16.4. The van der Waals surface area contributed by atoms with Crippen LogP contribution in [-0.2, 0) is 0 Å². The summed E-state index contributed by atoms with van der Waals surface area (Å²) in [6.07, 6.45) is 20.8. The van der Waals surface area contributed by atoms with Gasteiger partial charge in [-0.15, -0.1) is 0 Å². The van der Waals surface area contributed by atoms with Gasteiger partial charge in [0.1, 0.15) is 17.2 Å². The fraction of sp³-hybridized carbons (Fsp3) is 0.341. The third kappa shape index (κ3) is 14.6. The van der Waals surface area contributed by atoms with E-state index in [9.17, 15) is 0 Å². The van der Waals surface area contributed by atoms with Gasteiger partial charge in [0.05, 0.1) is 32.6 Å². The number of hydrogen-bond acceptors (Lipinski definition) is 6. The maximum absolute atomic E-state index is 7.01. The third-order valence-corrected chi connectivity index (χ3v) is 21.2. The van der Waals surface area contributed by atoms with Crippen LogP contribution < -0.4 is 24.8 Å². The Morgan fingerprint density at radius 1 is 0.468 bits per heavy atom. The van der Waals surface area contributed by atoms with E-state index >= 15 is 0 Å². The molecule has 0 amide bonds. The first kappa shape index (κ1) is 65.2. The van der Waals surface area contributed by atoms with E-state index in [1.54, 1.807) is 0 Å². The quantitative estimate of drug-likeness (QED) is 0.0625. The van der Waals surface area contributed by atoms with Gasteiger partial charge in [-0.2, -0.15) is 0 Å². The maximum atomic E-state index is 7.01. The Morgan fingerprint density at radius 2 is 0.894 bits per heavy atom. The first-order chi connectivity index (χ1) is 46.2. The van der Waals surface area contributed by atoms with E-state index < -0.39 is 0 Å². The summed E-state index contributed by atoms with van der Waals surface area (Å²) in [6.45, 7) is 10.4. The summed E-state index contributed by atoms with van der Waals surface area (Å²) in [6, 6.07) is 72.5. The lowest BCUT2D eigenvalue weighted by atomic mass is 9.70. The SMILES string of the molecule is COc1c(C2CCCCC2)cc(C(C)CC(c2cc(C3CCCCC3)c(OC)c(C(=C=Nc3ccccc3)c3ccccc3)c2C)c2cc(C3CCCCC3)c(OC)c(C(CNc3ccccc3)c3ccccc3)c2C)c(C)c1C(=CNc1ccccc1)c1ccccc1. The molecule has 3 unspecified atom stereocenters. The molecule has 0 bridgehead atoms. The number of ether oxygens (including phenoxy) is 3. The molecule has 0 spiro atoms. The van der Waals surface area contributed by atoms with E-state index in [1.165, 1.54) is 119 Å². The molecule has 0 heterocycles. The van der Waals surface area contributed by atoms with Crippen molar-refractivity contribution in [3.8, 4) is 17.2 Å². The zero-order valence-corrected chi connectivity index (χ0v) is 56.8. The molecule has 2 N–H and O–H groups in total. The van der Waals surface area contributed by atoms with E-state index in [1.807, 2.05) is 21.3 Å². The topological polar surface area (TPSA) is 64.1 Å². The summed E-state index contributed by atoms with van der Waals surface area (Å²) in [5.74, 6) is 7.71. The van der Waals surface area contributed by atoms with E-state index in [0.29, 0.717) is 24.3 Å². The molecule has 3 aliphatic rings. The van der Waals surface area contributed by atoms with Gasteiger partial charge in [-0.05, 0) is 198 Å². The molecule has 482 valence electrons. The average molecular weight is 1240 g/mol. The number of hydrogen-bond donors (Lipinski definition) is 2. The van der Waals surface area contributed by atoms with Crippen LogP contribution in [0.1, 0.15) is 229 Å². The van der Waals surface area contributed by atoms with Gasteiger partial charge in [-0.1, -0.05) is 229 Å². The van der Waals surface area contributed by atoms with Crippen LogP contribution in [0.25, 0.3) is 11.1 Å². The Hall–Kier alpha value is -8.83. The van der Waals surface area contributed by atoms with Crippen molar-refractivity contribution in [1.29, 1.82) is 0 Å². The molecule has 12 rings (SSSR count). The molecule has 3 fully saturated rings. The average Bonchev–Trinajstić information content (AvgIpc) is 0.751. The van der Waals surface area contributed by atoms with Gasteiger partial charge in [0.25, 0.3) is 0 Å². The van der Waals surface area contributed by atoms with Crippen LogP contribution in [-0.4, -0.2) is 33.7 Å². The normalized spacial score (nSPS) is 15.9. The summed E-state index contributed by atoms with van der Waals surface area (Å²) in [7, 11) is 5.73. The van der Waals surface area contributed by atoms with E-state index in [0.717, 1.165) is 113 Å². The number of rotatable bonds is 23. The van der Waals surface area contributed by atoms with Gasteiger partial charge in [0.2, 0.25) is 0 Å². The van der Waals surface area contributed by atoms with E-state index in [-0.39, 0.29) is 17.8 Å². The molecule has 0 radical (unpaired) electrons. The number of aliphatic imine (C=N–C) groups is 1. The number of nitrogens with one attached hydrogen (secondary N) is 2. The molecular formula is C88H97N3O3. The van der Waals surface area contributed by atoms with Crippen molar-refractivity contribution in [2.24, 2.45) is 4.99 Å². The fourth-order valence-corrected chi connectivity index (χ4v) is 16.4. The van der Waals surface area contributed by atoms with Crippen LogP contribution in [0.4, 0.5) is 17.1 Å². The second-order valence-corrected chi connectivity index (χ2v) is 26.9. The number of nitrogens with zero attached hydrogens (tertiary/aromatic N) is 1. The standard InChI is InChI=1S/C88H97N3O3/c1-60(73-54-76(64-35-17-8-18-36-64)86(92-5)83(61(73)2)80(67-41-23-11-24-42-67)57-89-70-47-29-14-30-48-70)53-79(74-55-77(65-37-19-9-20-38-65)87(93-6)84(62(74)3)81(68-43-25-12-26-44-68)58-90-71-49-31-15-32-50-71)75-56-78(66-39-21-10-22-40-66)88(94-7)85(63(75)4)82(69-45-27-13-28-46-69)59-91-72-51-33-16-34-52-72/h11-16,23-34,41-52,54-57,60,64-66,79,81,89-90H,8-10,17-22,35-40,53,58H2,1-7H3. The summed E-state index contributed by atoms with van der Waals surface area (Å²) in [5, 5.41) is 7.73. The van der Waals surface area contributed by atoms with Crippen LogP contribution in [0.15, 0.2) is 211 Å². The van der Waals surface area contributed by atoms with E-state index in [4.69, 9.17) is 19.2 Å². The molecule has 3 atom stereocenters. The number of benzene rings is 9. The Kier molecular flexibility index (Phi) is 21.8. The van der Waals surface area contributed by atoms with Gasteiger partial charge in [-0.3, -0.25) is 0 Å². The van der Waals surface area contributed by atoms with Gasteiger partial charge in [0, 0.05) is 58.2 Å². The molecule has 3 aliphatic carbocycles. The Labute approximate surface area is 561 Å². The number of para-hydroxylation sites is 3. The number of methoxy groups -OCH3 is 3. The van der Waals surface area contributed by atoms with Crippen molar-refractivity contribution in [1.82, 2.24) is 0 Å². The van der Waals surface area contributed by atoms with Crippen molar-refractivity contribution in [2.45, 2.75) is 166 Å². The van der Waals surface area contributed by atoms with Crippen molar-refractivity contribution < 1.29 is 14.2 Å². The summed E-state index contributed by atoms with van der Waals surface area (Å²) in [5.41, 5.74) is 23.8. The van der Waals surface area contributed by atoms with Gasteiger partial charge < -0.3 is 24.8 Å². The molecule has 0 saturated heterocycles. The van der Waals surface area contributed by atoms with Gasteiger partial charge in [-0.25, -0.2) is 4.99 Å². The second-order valence-electron chi connectivity index (χ2n) is 26.9. The third-order valence-electron chi connectivity index (χ3n) is 21.2. The molecule has 0 aliphatic heterocycles. The van der Waals surface area contributed by atoms with Crippen LogP contribution in [0.2, 0.25) is 0 Å². The molecule has 9 aromatic carbocycles. The van der Waals surface area contributed by atoms with Crippen molar-refractivity contribution in [2.75, 3.05) is 38.5 Å². The smallest absolute Gasteiger partial charge is 0.131 e. The van der Waals surface area contributed by atoms with Crippen LogP contribution in [0.3, 0.4) is 0 Å². The first-order valence-corrected chi connectivity index (χ1v) is 35.2. The summed E-state index contributed by atoms with van der Waals surface area (Å²) >= 11 is 0. The minimum absolute atomic E-state index is 0.0407. The van der Waals surface area contributed by atoms with Crippen LogP contribution in [0, 0.1) is 20.8 Å². The van der Waals surface area contributed by atoms with Crippen molar-refractivity contribution >= 4 is 34.1 Å². The predicted octanol–water partition coefficient (Wildman–Crippen LogP) is 23.3. The Morgan fingerprint density at radius 3 is 1.41 bits per heavy atom. The Balaban J connectivity index is 1.16.